The van der Waals surface area contributed by atoms with Crippen molar-refractivity contribution in [2.75, 3.05) is 13.1 Å². The fourth-order valence-corrected chi connectivity index (χ4v) is 1.41. The monoisotopic (exact) mass is 208 g/mol. The van der Waals surface area contributed by atoms with Gasteiger partial charge in [0.25, 0.3) is 0 Å². The lowest BCUT2D eigenvalue weighted by Gasteiger charge is -2.21. The fraction of sp³-hybridized carbons (Fsp3) is 0.300. The zero-order valence-electron chi connectivity index (χ0n) is 8.28. The number of rotatable bonds is 3. The smallest absolute Gasteiger partial charge is 0.125 e. The van der Waals surface area contributed by atoms with Crippen molar-refractivity contribution in [1.29, 1.82) is 0 Å². The van der Waals surface area contributed by atoms with E-state index in [0.29, 0.717) is 11.9 Å². The number of halogens is 1. The zero-order chi connectivity index (χ0) is 10.7. The molecule has 1 aromatic rings. The minimum absolute atomic E-state index is 0.275. The molecule has 0 spiro atoms. The van der Waals surface area contributed by atoms with Crippen LogP contribution in [0.4, 0.5) is 4.39 Å². The molecule has 0 bridgehead atoms. The highest BCUT2D eigenvalue weighted by Gasteiger charge is 2.02. The van der Waals surface area contributed by atoms with Gasteiger partial charge in [-0.2, -0.15) is 5.10 Å². The molecule has 1 heterocycles. The van der Waals surface area contributed by atoms with Crippen molar-refractivity contribution in [3.8, 4) is 0 Å². The lowest BCUT2D eigenvalue weighted by Crippen LogP contribution is -2.43. The van der Waals surface area contributed by atoms with E-state index in [0.717, 1.165) is 18.2 Å². The Hall–Kier alpha value is -1.62. The van der Waals surface area contributed by atoms with E-state index < -0.39 is 0 Å². The molecule has 0 radical (unpaired) electrons. The van der Waals surface area contributed by atoms with E-state index in [1.165, 1.54) is 12.1 Å². The van der Waals surface area contributed by atoms with E-state index in [-0.39, 0.29) is 5.82 Å². The Morgan fingerprint density at radius 3 is 3.13 bits per heavy atom. The van der Waals surface area contributed by atoms with Crippen molar-refractivity contribution in [2.24, 2.45) is 10.8 Å². The number of benzene rings is 1. The molecular weight excluding hydrogens is 195 g/mol. The third-order valence-corrected chi connectivity index (χ3v) is 2.19. The standard InChI is InChI=1S/C10H13FN4/c11-9-3-2-8-7-15(5-1-4-12)14-13-10(8)6-9/h2-3,6-7,14H,1,4-5,12H2. The maximum absolute atomic E-state index is 12.9. The Bertz CT molecular complexity index is 457. The van der Waals surface area contributed by atoms with Gasteiger partial charge in [-0.1, -0.05) is 0 Å². The van der Waals surface area contributed by atoms with Gasteiger partial charge in [0.2, 0.25) is 0 Å². The van der Waals surface area contributed by atoms with Crippen molar-refractivity contribution in [3.63, 3.8) is 0 Å². The number of nitrogens with one attached hydrogen (secondary N) is 1. The van der Waals surface area contributed by atoms with Crippen molar-refractivity contribution in [3.05, 3.63) is 34.6 Å². The second kappa shape index (κ2) is 4.27. The van der Waals surface area contributed by atoms with E-state index in [9.17, 15) is 4.39 Å². The summed E-state index contributed by atoms with van der Waals surface area (Å²) < 4.78 is 12.9. The van der Waals surface area contributed by atoms with Gasteiger partial charge in [-0.3, -0.25) is 5.01 Å². The SMILES string of the molecule is NCCCN1C=c2ccc(F)cc2=NN1. The summed E-state index contributed by atoms with van der Waals surface area (Å²) in [4.78, 5) is 0. The van der Waals surface area contributed by atoms with E-state index >= 15 is 0 Å². The molecule has 4 nitrogen and oxygen atoms in total. The van der Waals surface area contributed by atoms with E-state index in [4.69, 9.17) is 5.73 Å². The molecule has 5 heteroatoms. The molecule has 1 aromatic carbocycles. The first-order chi connectivity index (χ1) is 7.29. The van der Waals surface area contributed by atoms with Gasteiger partial charge in [-0.25, -0.2) is 9.93 Å². The van der Waals surface area contributed by atoms with Crippen LogP contribution in [0.15, 0.2) is 23.3 Å². The number of nitrogens with two attached hydrogens (primary N) is 1. The quantitative estimate of drug-likeness (QED) is 0.688. The van der Waals surface area contributed by atoms with Gasteiger partial charge in [-0.05, 0) is 25.1 Å². The lowest BCUT2D eigenvalue weighted by molar-refractivity contribution is 0.293. The summed E-state index contributed by atoms with van der Waals surface area (Å²) in [6, 6.07) is 4.54. The topological polar surface area (TPSA) is 53.6 Å². The average Bonchev–Trinajstić information content (AvgIpc) is 2.26. The average molecular weight is 208 g/mol. The number of fused-ring (bicyclic) bond motifs is 1. The molecule has 80 valence electrons. The van der Waals surface area contributed by atoms with E-state index in [1.54, 1.807) is 6.07 Å². The minimum atomic E-state index is -0.275. The van der Waals surface area contributed by atoms with Crippen LogP contribution in [-0.2, 0) is 0 Å². The molecule has 1 aliphatic heterocycles. The van der Waals surface area contributed by atoms with Crippen molar-refractivity contribution in [2.45, 2.75) is 6.42 Å². The molecule has 0 unspecified atom stereocenters. The molecule has 0 aromatic heterocycles. The predicted octanol–water partition coefficient (Wildman–Crippen LogP) is -0.733. The van der Waals surface area contributed by atoms with Crippen molar-refractivity contribution in [1.82, 2.24) is 10.5 Å². The Labute approximate surface area is 86.8 Å². The van der Waals surface area contributed by atoms with Gasteiger partial charge in [0.1, 0.15) is 5.82 Å². The molecule has 3 N–H and O–H groups in total. The normalized spacial score (nSPS) is 13.6. The predicted molar refractivity (Wildman–Crippen MR) is 55.2 cm³/mol. The number of hydrogen-bond acceptors (Lipinski definition) is 4. The van der Waals surface area contributed by atoms with Crippen LogP contribution in [-0.4, -0.2) is 18.1 Å². The van der Waals surface area contributed by atoms with Crippen LogP contribution in [0, 0.1) is 5.82 Å². The highest BCUT2D eigenvalue weighted by Crippen LogP contribution is 1.91. The van der Waals surface area contributed by atoms with E-state index in [2.05, 4.69) is 10.6 Å². The maximum Gasteiger partial charge on any atom is 0.125 e. The fourth-order valence-electron chi connectivity index (χ4n) is 1.41. The van der Waals surface area contributed by atoms with Gasteiger partial charge < -0.3 is 5.73 Å². The van der Waals surface area contributed by atoms with Crippen LogP contribution < -0.4 is 21.8 Å². The zero-order valence-corrected chi connectivity index (χ0v) is 8.28. The first kappa shape index (κ1) is 9.92. The summed E-state index contributed by atoms with van der Waals surface area (Å²) >= 11 is 0. The molecule has 2 rings (SSSR count). The minimum Gasteiger partial charge on any atom is -0.330 e. The molecule has 0 amide bonds. The second-order valence-corrected chi connectivity index (χ2v) is 3.38. The van der Waals surface area contributed by atoms with Gasteiger partial charge >= 0.3 is 0 Å². The molecule has 0 aliphatic carbocycles. The molecule has 0 saturated carbocycles. The summed E-state index contributed by atoms with van der Waals surface area (Å²) in [5.41, 5.74) is 8.23. The highest BCUT2D eigenvalue weighted by atomic mass is 19.1. The summed E-state index contributed by atoms with van der Waals surface area (Å²) in [6.07, 6.45) is 2.78. The largest absolute Gasteiger partial charge is 0.330 e. The Morgan fingerprint density at radius 2 is 2.33 bits per heavy atom. The molecule has 1 aliphatic rings. The van der Waals surface area contributed by atoms with Crippen LogP contribution in [0.2, 0.25) is 0 Å². The first-order valence-corrected chi connectivity index (χ1v) is 4.87. The van der Waals surface area contributed by atoms with Crippen LogP contribution in [0.3, 0.4) is 0 Å². The number of hydrogen-bond donors (Lipinski definition) is 2. The van der Waals surface area contributed by atoms with E-state index in [1.807, 2.05) is 11.2 Å². The summed E-state index contributed by atoms with van der Waals surface area (Å²) in [6.45, 7) is 1.43. The summed E-state index contributed by atoms with van der Waals surface area (Å²) in [5.74, 6) is -0.275. The Morgan fingerprint density at radius 1 is 1.47 bits per heavy atom. The van der Waals surface area contributed by atoms with Gasteiger partial charge in [0.05, 0.1) is 5.36 Å². The lowest BCUT2D eigenvalue weighted by atomic mass is 10.3. The van der Waals surface area contributed by atoms with Gasteiger partial charge in [0.15, 0.2) is 0 Å². The number of nitrogens with zero attached hydrogens (tertiary/aromatic N) is 2. The first-order valence-electron chi connectivity index (χ1n) is 4.87. The van der Waals surface area contributed by atoms with Gasteiger partial charge in [-0.15, -0.1) is 0 Å². The molecule has 0 atom stereocenters. The van der Waals surface area contributed by atoms with Crippen LogP contribution >= 0.6 is 0 Å². The van der Waals surface area contributed by atoms with Gasteiger partial charge in [0, 0.05) is 24.0 Å². The third-order valence-electron chi connectivity index (χ3n) is 2.19. The van der Waals surface area contributed by atoms with Crippen molar-refractivity contribution < 1.29 is 4.39 Å². The molecular formula is C10H13FN4. The maximum atomic E-state index is 12.9. The van der Waals surface area contributed by atoms with Crippen LogP contribution in [0.25, 0.3) is 6.20 Å². The second-order valence-electron chi connectivity index (χ2n) is 3.38. The van der Waals surface area contributed by atoms with Crippen molar-refractivity contribution >= 4 is 6.20 Å². The Balaban J connectivity index is 2.25. The highest BCUT2D eigenvalue weighted by molar-refractivity contribution is 5.23. The third kappa shape index (κ3) is 2.24. The molecule has 0 saturated heterocycles. The summed E-state index contributed by atoms with van der Waals surface area (Å²) in [7, 11) is 0. The Kier molecular flexibility index (Phi) is 2.82. The van der Waals surface area contributed by atoms with Crippen LogP contribution in [0.5, 0.6) is 0 Å². The van der Waals surface area contributed by atoms with Crippen LogP contribution in [0.1, 0.15) is 6.42 Å². The number of hydrazine groups is 1. The summed E-state index contributed by atoms with van der Waals surface area (Å²) in [5, 5.41) is 7.43. The molecule has 0 fully saturated rings. The molecule has 15 heavy (non-hydrogen) atoms.